The lowest BCUT2D eigenvalue weighted by Crippen LogP contribution is -2.09. The number of carbonyl (C=O) groups excluding carboxylic acids is 1. The Balaban J connectivity index is 2.96. The number of nitrogens with zero attached hydrogens (tertiary/aromatic N) is 1. The van der Waals surface area contributed by atoms with Crippen molar-refractivity contribution >= 4 is 27.9 Å². The number of aldehydes is 1. The molecule has 0 aromatic heterocycles. The van der Waals surface area contributed by atoms with E-state index in [1.54, 1.807) is 6.07 Å². The summed E-state index contributed by atoms with van der Waals surface area (Å²) in [5.41, 5.74) is 1.60. The van der Waals surface area contributed by atoms with Crippen LogP contribution in [0.3, 0.4) is 0 Å². The van der Waals surface area contributed by atoms with Gasteiger partial charge < -0.3 is 9.64 Å². The molecule has 0 N–H and O–H groups in total. The van der Waals surface area contributed by atoms with Crippen LogP contribution < -0.4 is 9.64 Å². The molecule has 1 aromatic rings. The number of alkyl halides is 1. The number of hydrogen-bond donors (Lipinski definition) is 0. The van der Waals surface area contributed by atoms with Gasteiger partial charge in [0.05, 0.1) is 12.2 Å². The summed E-state index contributed by atoms with van der Waals surface area (Å²) in [6, 6.07) is 5.53. The molecule has 0 aliphatic rings. The van der Waals surface area contributed by atoms with Crippen LogP contribution in [0.2, 0.25) is 0 Å². The molecule has 0 amide bonds. The maximum atomic E-state index is 10.8. The fourth-order valence-electron chi connectivity index (χ4n) is 1.17. The smallest absolute Gasteiger partial charge is 0.153 e. The molecule has 0 bridgehead atoms. The van der Waals surface area contributed by atoms with E-state index in [0.717, 1.165) is 17.3 Å². The third-order valence-corrected chi connectivity index (χ3v) is 2.30. The minimum absolute atomic E-state index is 0.553. The SMILES string of the molecule is CN(C)c1ccc(C=O)c(OCCBr)c1. The molecule has 0 saturated carbocycles. The predicted octanol–water partition coefficient (Wildman–Crippen LogP) is 2.34. The van der Waals surface area contributed by atoms with Gasteiger partial charge in [-0.15, -0.1) is 0 Å². The molecular formula is C11H14BrNO2. The van der Waals surface area contributed by atoms with Gasteiger partial charge in [-0.05, 0) is 12.1 Å². The number of halogens is 1. The van der Waals surface area contributed by atoms with E-state index >= 15 is 0 Å². The van der Waals surface area contributed by atoms with E-state index in [9.17, 15) is 4.79 Å². The predicted molar refractivity (Wildman–Crippen MR) is 65.4 cm³/mol. The van der Waals surface area contributed by atoms with Crippen molar-refractivity contribution in [3.63, 3.8) is 0 Å². The van der Waals surface area contributed by atoms with Crippen molar-refractivity contribution in [3.8, 4) is 5.75 Å². The van der Waals surface area contributed by atoms with Gasteiger partial charge in [0.2, 0.25) is 0 Å². The van der Waals surface area contributed by atoms with Crippen LogP contribution in [0, 0.1) is 0 Å². The second-order valence-corrected chi connectivity index (χ2v) is 4.06. The molecule has 0 heterocycles. The first-order valence-corrected chi connectivity index (χ1v) is 5.76. The molecule has 0 aliphatic carbocycles. The Kier molecular flexibility index (Phi) is 4.62. The number of anilines is 1. The van der Waals surface area contributed by atoms with Crippen molar-refractivity contribution in [2.45, 2.75) is 0 Å². The highest BCUT2D eigenvalue weighted by molar-refractivity contribution is 9.09. The second kappa shape index (κ2) is 5.75. The van der Waals surface area contributed by atoms with Crippen LogP contribution >= 0.6 is 15.9 Å². The van der Waals surface area contributed by atoms with Crippen molar-refractivity contribution in [1.29, 1.82) is 0 Å². The van der Waals surface area contributed by atoms with Crippen LogP contribution in [0.5, 0.6) is 5.75 Å². The Labute approximate surface area is 98.2 Å². The van der Waals surface area contributed by atoms with Crippen molar-refractivity contribution in [1.82, 2.24) is 0 Å². The van der Waals surface area contributed by atoms with Crippen LogP contribution in [0.25, 0.3) is 0 Å². The molecule has 3 nitrogen and oxygen atoms in total. The minimum Gasteiger partial charge on any atom is -0.492 e. The number of benzene rings is 1. The minimum atomic E-state index is 0.553. The van der Waals surface area contributed by atoms with Gasteiger partial charge in [-0.2, -0.15) is 0 Å². The molecule has 82 valence electrons. The van der Waals surface area contributed by atoms with E-state index in [1.807, 2.05) is 31.1 Å². The van der Waals surface area contributed by atoms with E-state index in [0.29, 0.717) is 17.9 Å². The number of hydrogen-bond acceptors (Lipinski definition) is 3. The normalized spacial score (nSPS) is 9.80. The zero-order valence-electron chi connectivity index (χ0n) is 8.87. The van der Waals surface area contributed by atoms with Crippen LogP contribution in [-0.2, 0) is 0 Å². The molecule has 0 saturated heterocycles. The third kappa shape index (κ3) is 3.23. The average Bonchev–Trinajstić information content (AvgIpc) is 2.25. The topological polar surface area (TPSA) is 29.5 Å². The highest BCUT2D eigenvalue weighted by Gasteiger charge is 2.05. The molecule has 1 aromatic carbocycles. The van der Waals surface area contributed by atoms with Gasteiger partial charge in [-0.1, -0.05) is 15.9 Å². The highest BCUT2D eigenvalue weighted by atomic mass is 79.9. The van der Waals surface area contributed by atoms with Crippen molar-refractivity contribution in [2.24, 2.45) is 0 Å². The Morgan fingerprint density at radius 2 is 2.20 bits per heavy atom. The fourth-order valence-corrected chi connectivity index (χ4v) is 1.33. The van der Waals surface area contributed by atoms with Gasteiger partial charge in [0.1, 0.15) is 5.75 Å². The Hall–Kier alpha value is -1.03. The summed E-state index contributed by atoms with van der Waals surface area (Å²) in [4.78, 5) is 12.7. The molecule has 1 rings (SSSR count). The van der Waals surface area contributed by atoms with E-state index in [1.165, 1.54) is 0 Å². The van der Waals surface area contributed by atoms with Gasteiger partial charge in [-0.25, -0.2) is 0 Å². The average molecular weight is 272 g/mol. The molecule has 0 fully saturated rings. The first-order valence-electron chi connectivity index (χ1n) is 4.64. The lowest BCUT2D eigenvalue weighted by Gasteiger charge is -2.15. The summed E-state index contributed by atoms with van der Waals surface area (Å²) >= 11 is 3.28. The Morgan fingerprint density at radius 3 is 2.73 bits per heavy atom. The molecule has 15 heavy (non-hydrogen) atoms. The van der Waals surface area contributed by atoms with Crippen LogP contribution in [0.4, 0.5) is 5.69 Å². The van der Waals surface area contributed by atoms with Gasteiger partial charge in [0.15, 0.2) is 6.29 Å². The molecule has 0 aliphatic heterocycles. The first-order chi connectivity index (χ1) is 7.19. The number of ether oxygens (including phenoxy) is 1. The standard InChI is InChI=1S/C11H14BrNO2/c1-13(2)10-4-3-9(8-14)11(7-10)15-6-5-12/h3-4,7-8H,5-6H2,1-2H3. The molecular weight excluding hydrogens is 258 g/mol. The molecule has 0 unspecified atom stereocenters. The number of carbonyl (C=O) groups is 1. The van der Waals surface area contributed by atoms with Crippen LogP contribution in [-0.4, -0.2) is 32.3 Å². The van der Waals surface area contributed by atoms with Gasteiger partial charge in [-0.3, -0.25) is 4.79 Å². The summed E-state index contributed by atoms with van der Waals surface area (Å²) in [5, 5.41) is 0.748. The lowest BCUT2D eigenvalue weighted by molar-refractivity contribution is 0.112. The first kappa shape index (κ1) is 12.0. The summed E-state index contributed by atoms with van der Waals surface area (Å²) in [6.07, 6.45) is 0.809. The van der Waals surface area contributed by atoms with E-state index in [4.69, 9.17) is 4.74 Å². The van der Waals surface area contributed by atoms with E-state index < -0.39 is 0 Å². The molecule has 4 heteroatoms. The summed E-state index contributed by atoms with van der Waals surface area (Å²) in [6.45, 7) is 0.553. The monoisotopic (exact) mass is 271 g/mol. The second-order valence-electron chi connectivity index (χ2n) is 3.27. The van der Waals surface area contributed by atoms with Crippen LogP contribution in [0.1, 0.15) is 10.4 Å². The molecule has 0 atom stereocenters. The maximum Gasteiger partial charge on any atom is 0.153 e. The summed E-state index contributed by atoms with van der Waals surface area (Å²) in [5.74, 6) is 0.635. The number of rotatable bonds is 5. The largest absolute Gasteiger partial charge is 0.492 e. The van der Waals surface area contributed by atoms with Gasteiger partial charge >= 0.3 is 0 Å². The van der Waals surface area contributed by atoms with E-state index in [2.05, 4.69) is 15.9 Å². The summed E-state index contributed by atoms with van der Waals surface area (Å²) in [7, 11) is 3.90. The molecule has 0 spiro atoms. The van der Waals surface area contributed by atoms with E-state index in [-0.39, 0.29) is 0 Å². The Morgan fingerprint density at radius 1 is 1.47 bits per heavy atom. The lowest BCUT2D eigenvalue weighted by atomic mass is 10.2. The van der Waals surface area contributed by atoms with Crippen molar-refractivity contribution < 1.29 is 9.53 Å². The zero-order chi connectivity index (χ0) is 11.3. The third-order valence-electron chi connectivity index (χ3n) is 1.98. The van der Waals surface area contributed by atoms with Crippen LogP contribution in [0.15, 0.2) is 18.2 Å². The zero-order valence-corrected chi connectivity index (χ0v) is 10.5. The van der Waals surface area contributed by atoms with Crippen molar-refractivity contribution in [2.75, 3.05) is 30.9 Å². The Bertz CT molecular complexity index is 339. The quantitative estimate of drug-likeness (QED) is 0.608. The van der Waals surface area contributed by atoms with Crippen molar-refractivity contribution in [3.05, 3.63) is 23.8 Å². The van der Waals surface area contributed by atoms with Gasteiger partial charge in [0.25, 0.3) is 0 Å². The summed E-state index contributed by atoms with van der Waals surface area (Å²) < 4.78 is 5.46. The fraction of sp³-hybridized carbons (Fsp3) is 0.364. The highest BCUT2D eigenvalue weighted by Crippen LogP contribution is 2.23. The maximum absolute atomic E-state index is 10.8. The van der Waals surface area contributed by atoms with Gasteiger partial charge in [0, 0.05) is 31.2 Å². The molecule has 0 radical (unpaired) electrons.